The fourth-order valence-electron chi connectivity index (χ4n) is 2.23. The van der Waals surface area contributed by atoms with Crippen LogP contribution in [-0.4, -0.2) is 18.9 Å². The minimum Gasteiger partial charge on any atom is -0.465 e. The molecule has 1 aromatic rings. The zero-order valence-corrected chi connectivity index (χ0v) is 11.4. The van der Waals surface area contributed by atoms with Gasteiger partial charge in [-0.15, -0.1) is 0 Å². The van der Waals surface area contributed by atoms with E-state index in [1.165, 1.54) is 12.1 Å². The number of fused-ring (bicyclic) bond motifs is 1. The Morgan fingerprint density at radius 1 is 1.18 bits per heavy atom. The topological polar surface area (TPSA) is 115 Å². The number of carbonyl (C=O) groups excluding carboxylic acids is 2. The summed E-state index contributed by atoms with van der Waals surface area (Å²) in [7, 11) is 1.16. The van der Waals surface area contributed by atoms with Crippen molar-refractivity contribution in [2.75, 3.05) is 7.11 Å². The second-order valence-corrected chi connectivity index (χ2v) is 4.33. The molecule has 0 spiro atoms. The highest BCUT2D eigenvalue weighted by atomic mass is 16.5. The summed E-state index contributed by atoms with van der Waals surface area (Å²) in [5, 5.41) is 27.2. The lowest BCUT2D eigenvalue weighted by atomic mass is 9.96. The van der Waals surface area contributed by atoms with E-state index in [1.807, 2.05) is 6.07 Å². The zero-order valence-electron chi connectivity index (χ0n) is 11.4. The monoisotopic (exact) mass is 289 g/mol. The molecule has 104 valence electrons. The van der Waals surface area contributed by atoms with Gasteiger partial charge in [-0.05, 0) is 17.7 Å². The number of benzene rings is 1. The summed E-state index contributed by atoms with van der Waals surface area (Å²) in [6, 6.07) is 7.76. The molecule has 22 heavy (non-hydrogen) atoms. The molecule has 0 heterocycles. The van der Waals surface area contributed by atoms with E-state index < -0.39 is 11.8 Å². The van der Waals surface area contributed by atoms with Crippen molar-refractivity contribution < 1.29 is 14.3 Å². The standard InChI is InChI=1S/C16H7N3O3/c1-8-14(10(6-18)7-19)12-3-9(5-17)11(16(21)22-2)4-13(12)15(8)20/h3-4H,1H2,2H3. The molecule has 0 radical (unpaired) electrons. The van der Waals surface area contributed by atoms with Crippen molar-refractivity contribution in [2.45, 2.75) is 0 Å². The van der Waals surface area contributed by atoms with Crippen molar-refractivity contribution >= 4 is 17.3 Å². The second kappa shape index (κ2) is 5.36. The van der Waals surface area contributed by atoms with E-state index in [1.54, 1.807) is 12.1 Å². The summed E-state index contributed by atoms with van der Waals surface area (Å²) in [5.74, 6) is -1.25. The smallest absolute Gasteiger partial charge is 0.339 e. The Bertz CT molecular complexity index is 886. The Kier molecular flexibility index (Phi) is 3.58. The van der Waals surface area contributed by atoms with E-state index in [-0.39, 0.29) is 39.0 Å². The normalized spacial score (nSPS) is 12.0. The van der Waals surface area contributed by atoms with Crippen LogP contribution >= 0.6 is 0 Å². The predicted octanol–water partition coefficient (Wildman–Crippen LogP) is 1.90. The highest BCUT2D eigenvalue weighted by Gasteiger charge is 2.33. The quantitative estimate of drug-likeness (QED) is 0.443. The Morgan fingerprint density at radius 2 is 1.82 bits per heavy atom. The fraction of sp³-hybridized carbons (Fsp3) is 0.0625. The zero-order chi connectivity index (χ0) is 16.4. The van der Waals surface area contributed by atoms with Gasteiger partial charge in [-0.3, -0.25) is 4.79 Å². The Morgan fingerprint density at radius 3 is 2.32 bits per heavy atom. The highest BCUT2D eigenvalue weighted by Crippen LogP contribution is 2.39. The van der Waals surface area contributed by atoms with Crippen LogP contribution in [0, 0.1) is 34.0 Å². The van der Waals surface area contributed by atoms with Crippen LogP contribution in [0.2, 0.25) is 0 Å². The van der Waals surface area contributed by atoms with Gasteiger partial charge in [-0.25, -0.2) is 4.79 Å². The van der Waals surface area contributed by atoms with E-state index in [4.69, 9.17) is 15.8 Å². The van der Waals surface area contributed by atoms with Crippen LogP contribution < -0.4 is 0 Å². The molecule has 1 aromatic carbocycles. The predicted molar refractivity (Wildman–Crippen MR) is 74.1 cm³/mol. The van der Waals surface area contributed by atoms with Crippen molar-refractivity contribution in [1.82, 2.24) is 0 Å². The average molecular weight is 289 g/mol. The number of nitriles is 3. The van der Waals surface area contributed by atoms with Crippen LogP contribution in [0.1, 0.15) is 31.8 Å². The first-order chi connectivity index (χ1) is 10.5. The van der Waals surface area contributed by atoms with Gasteiger partial charge in [0.1, 0.15) is 23.8 Å². The number of methoxy groups -OCH3 is 1. The molecule has 0 bridgehead atoms. The largest absolute Gasteiger partial charge is 0.465 e. The number of allylic oxidation sites excluding steroid dienone is 3. The SMILES string of the molecule is C=C1C(=O)c2cc(C(=O)OC)c(C#N)cc2C1=C(C#N)C#N. The van der Waals surface area contributed by atoms with Gasteiger partial charge in [-0.1, -0.05) is 6.58 Å². The van der Waals surface area contributed by atoms with Crippen molar-refractivity contribution in [2.24, 2.45) is 0 Å². The molecule has 0 unspecified atom stereocenters. The maximum absolute atomic E-state index is 12.2. The Hall–Kier alpha value is -3.69. The molecule has 0 aliphatic heterocycles. The molecule has 1 aliphatic carbocycles. The van der Waals surface area contributed by atoms with Crippen LogP contribution in [0.3, 0.4) is 0 Å². The van der Waals surface area contributed by atoms with Crippen molar-refractivity contribution in [3.8, 4) is 18.2 Å². The van der Waals surface area contributed by atoms with Gasteiger partial charge in [0.15, 0.2) is 5.78 Å². The summed E-state index contributed by atoms with van der Waals surface area (Å²) >= 11 is 0. The first-order valence-corrected chi connectivity index (χ1v) is 5.95. The number of ether oxygens (including phenoxy) is 1. The third-order valence-electron chi connectivity index (χ3n) is 3.25. The third kappa shape index (κ3) is 1.95. The molecule has 0 fully saturated rings. The Labute approximate surface area is 125 Å². The molecular formula is C16H7N3O3. The van der Waals surface area contributed by atoms with Crippen molar-refractivity contribution in [3.63, 3.8) is 0 Å². The van der Waals surface area contributed by atoms with Gasteiger partial charge in [0.05, 0.1) is 18.2 Å². The molecule has 0 atom stereocenters. The number of Topliss-reactive ketones (excluding diaryl/α,β-unsaturated/α-hetero) is 1. The van der Waals surface area contributed by atoms with Gasteiger partial charge in [0, 0.05) is 16.7 Å². The molecule has 0 saturated carbocycles. The third-order valence-corrected chi connectivity index (χ3v) is 3.25. The van der Waals surface area contributed by atoms with E-state index >= 15 is 0 Å². The number of esters is 1. The summed E-state index contributed by atoms with van der Waals surface area (Å²) in [5.41, 5.74) is 0.103. The Balaban J connectivity index is 2.88. The van der Waals surface area contributed by atoms with E-state index in [0.29, 0.717) is 0 Å². The molecule has 1 aliphatic rings. The van der Waals surface area contributed by atoms with Crippen LogP contribution in [-0.2, 0) is 4.74 Å². The molecule has 2 rings (SSSR count). The molecule has 0 amide bonds. The first kappa shape index (κ1) is 14.7. The van der Waals surface area contributed by atoms with Gasteiger partial charge in [0.2, 0.25) is 0 Å². The molecule has 6 nitrogen and oxygen atoms in total. The van der Waals surface area contributed by atoms with Gasteiger partial charge in [0.25, 0.3) is 0 Å². The van der Waals surface area contributed by atoms with Crippen molar-refractivity contribution in [1.29, 1.82) is 15.8 Å². The summed E-state index contributed by atoms with van der Waals surface area (Å²) in [6.07, 6.45) is 0. The fourth-order valence-corrected chi connectivity index (χ4v) is 2.23. The van der Waals surface area contributed by atoms with Gasteiger partial charge >= 0.3 is 5.97 Å². The van der Waals surface area contributed by atoms with Crippen molar-refractivity contribution in [3.05, 3.63) is 52.1 Å². The lowest BCUT2D eigenvalue weighted by Gasteiger charge is -2.05. The summed E-state index contributed by atoms with van der Waals surface area (Å²) < 4.78 is 4.58. The van der Waals surface area contributed by atoms with E-state index in [9.17, 15) is 9.59 Å². The summed E-state index contributed by atoms with van der Waals surface area (Å²) in [4.78, 5) is 23.9. The number of hydrogen-bond donors (Lipinski definition) is 0. The second-order valence-electron chi connectivity index (χ2n) is 4.33. The maximum Gasteiger partial charge on any atom is 0.339 e. The van der Waals surface area contributed by atoms with E-state index in [0.717, 1.165) is 7.11 Å². The number of carbonyl (C=O) groups is 2. The molecule has 0 aromatic heterocycles. The molecule has 0 saturated heterocycles. The lowest BCUT2D eigenvalue weighted by Crippen LogP contribution is -2.06. The average Bonchev–Trinajstić information content (AvgIpc) is 2.79. The number of nitrogens with zero attached hydrogens (tertiary/aromatic N) is 3. The van der Waals surface area contributed by atoms with Gasteiger partial charge in [-0.2, -0.15) is 15.8 Å². The minimum atomic E-state index is -0.754. The highest BCUT2D eigenvalue weighted by molar-refractivity contribution is 6.27. The maximum atomic E-state index is 12.2. The number of ketones is 1. The van der Waals surface area contributed by atoms with Crippen LogP contribution in [0.4, 0.5) is 0 Å². The van der Waals surface area contributed by atoms with E-state index in [2.05, 4.69) is 11.3 Å². The number of hydrogen-bond acceptors (Lipinski definition) is 6. The van der Waals surface area contributed by atoms with Crippen LogP contribution in [0.25, 0.3) is 5.57 Å². The van der Waals surface area contributed by atoms with Crippen LogP contribution in [0.5, 0.6) is 0 Å². The molecule has 6 heteroatoms. The lowest BCUT2D eigenvalue weighted by molar-refractivity contribution is 0.0600. The summed E-state index contributed by atoms with van der Waals surface area (Å²) in [6.45, 7) is 3.59. The first-order valence-electron chi connectivity index (χ1n) is 5.95. The number of rotatable bonds is 1. The van der Waals surface area contributed by atoms with Gasteiger partial charge < -0.3 is 4.74 Å². The molecular weight excluding hydrogens is 282 g/mol. The molecule has 0 N–H and O–H groups in total. The minimum absolute atomic E-state index is 0.0131. The van der Waals surface area contributed by atoms with Crippen LogP contribution in [0.15, 0.2) is 29.9 Å².